The van der Waals surface area contributed by atoms with Gasteiger partial charge in [0.1, 0.15) is 5.75 Å². The van der Waals surface area contributed by atoms with Crippen molar-refractivity contribution in [2.45, 2.75) is 12.3 Å². The number of aliphatic hydroxyl groups excluding tert-OH is 1. The number of carbonyl (C=O) groups is 1. The highest BCUT2D eigenvalue weighted by Gasteiger charge is 2.30. The second-order valence-electron chi connectivity index (χ2n) is 5.76. The highest BCUT2D eigenvalue weighted by atomic mass is 19.4. The van der Waals surface area contributed by atoms with Crippen LogP contribution in [0.4, 0.5) is 13.2 Å². The van der Waals surface area contributed by atoms with Crippen LogP contribution in [-0.4, -0.2) is 21.0 Å². The normalized spacial score (nSPS) is 12.4. The molecule has 2 heterocycles. The average Bonchev–Trinajstić information content (AvgIpc) is 2.68. The van der Waals surface area contributed by atoms with Crippen molar-refractivity contribution in [3.8, 4) is 22.9 Å². The molecule has 0 fully saturated rings. The van der Waals surface area contributed by atoms with Crippen LogP contribution >= 0.6 is 0 Å². The molecule has 2 aromatic heterocycles. The maximum absolute atomic E-state index is 12.5. The second kappa shape index (κ2) is 7.65. The monoisotopic (exact) mass is 389 g/mol. The van der Waals surface area contributed by atoms with E-state index in [0.29, 0.717) is 23.2 Å². The highest BCUT2D eigenvalue weighted by Crippen LogP contribution is 2.30. The van der Waals surface area contributed by atoms with Gasteiger partial charge in [-0.2, -0.15) is 13.2 Å². The van der Waals surface area contributed by atoms with Gasteiger partial charge >= 0.3 is 6.18 Å². The Morgan fingerprint density at radius 1 is 1.07 bits per heavy atom. The van der Waals surface area contributed by atoms with Gasteiger partial charge in [0.05, 0.1) is 17.0 Å². The number of hydrogen-bond donors (Lipinski definition) is 2. The Bertz CT molecular complexity index is 974. The van der Waals surface area contributed by atoms with Gasteiger partial charge in [-0.15, -0.1) is 0 Å². The van der Waals surface area contributed by atoms with Crippen LogP contribution in [0.5, 0.6) is 11.6 Å². The summed E-state index contributed by atoms with van der Waals surface area (Å²) in [7, 11) is 0. The van der Waals surface area contributed by atoms with E-state index in [1.165, 1.54) is 6.07 Å². The molecule has 1 atom stereocenters. The molecule has 28 heavy (non-hydrogen) atoms. The maximum atomic E-state index is 12.5. The van der Waals surface area contributed by atoms with Crippen LogP contribution in [0.25, 0.3) is 11.3 Å². The third kappa shape index (κ3) is 4.44. The standard InChI is InChI=1S/C19H14F3N3O3/c20-19(21,22)12-6-9-16(24-10-12)28-13-7-4-11(5-8-13)14-2-1-3-15(25-14)17(26)18(23)27/h1-10,17,26H,(H2,23,27)/t17-/m0/s1. The number of primary amides is 1. The van der Waals surface area contributed by atoms with E-state index >= 15 is 0 Å². The molecule has 0 unspecified atom stereocenters. The van der Waals surface area contributed by atoms with E-state index in [1.54, 1.807) is 36.4 Å². The number of nitrogens with two attached hydrogens (primary N) is 1. The van der Waals surface area contributed by atoms with Crippen LogP contribution in [0.2, 0.25) is 0 Å². The van der Waals surface area contributed by atoms with Crippen molar-refractivity contribution in [2.24, 2.45) is 5.73 Å². The van der Waals surface area contributed by atoms with E-state index in [0.717, 1.165) is 12.1 Å². The van der Waals surface area contributed by atoms with Gasteiger partial charge in [0.2, 0.25) is 5.88 Å². The molecule has 0 aliphatic carbocycles. The average molecular weight is 389 g/mol. The lowest BCUT2D eigenvalue weighted by Crippen LogP contribution is -2.21. The van der Waals surface area contributed by atoms with Gasteiger partial charge in [0, 0.05) is 17.8 Å². The van der Waals surface area contributed by atoms with Crippen LogP contribution in [0.1, 0.15) is 17.4 Å². The molecular formula is C19H14F3N3O3. The minimum Gasteiger partial charge on any atom is -0.439 e. The first-order chi connectivity index (χ1) is 13.2. The van der Waals surface area contributed by atoms with Gasteiger partial charge in [-0.05, 0) is 42.5 Å². The number of nitrogens with zero attached hydrogens (tertiary/aromatic N) is 2. The molecule has 0 saturated carbocycles. The molecule has 0 aliphatic rings. The van der Waals surface area contributed by atoms with E-state index in [9.17, 15) is 23.1 Å². The number of ether oxygens (including phenoxy) is 1. The number of aliphatic hydroxyl groups is 1. The molecule has 0 bridgehead atoms. The summed E-state index contributed by atoms with van der Waals surface area (Å²) in [5, 5.41) is 9.71. The largest absolute Gasteiger partial charge is 0.439 e. The lowest BCUT2D eigenvalue weighted by Gasteiger charge is -2.10. The summed E-state index contributed by atoms with van der Waals surface area (Å²) < 4.78 is 43.1. The predicted molar refractivity (Wildman–Crippen MR) is 93.1 cm³/mol. The fourth-order valence-electron chi connectivity index (χ4n) is 2.33. The zero-order valence-electron chi connectivity index (χ0n) is 14.2. The number of carbonyl (C=O) groups excluding carboxylic acids is 1. The molecule has 0 saturated heterocycles. The zero-order chi connectivity index (χ0) is 20.3. The predicted octanol–water partition coefficient (Wildman–Crippen LogP) is 3.47. The number of alkyl halides is 3. The van der Waals surface area contributed by atoms with Crippen LogP contribution < -0.4 is 10.5 Å². The van der Waals surface area contributed by atoms with Crippen LogP contribution in [0, 0.1) is 0 Å². The van der Waals surface area contributed by atoms with Gasteiger partial charge in [-0.3, -0.25) is 4.79 Å². The number of benzene rings is 1. The SMILES string of the molecule is NC(=O)[C@@H](O)c1cccc(-c2ccc(Oc3ccc(C(F)(F)F)cn3)cc2)n1. The maximum Gasteiger partial charge on any atom is 0.417 e. The molecule has 9 heteroatoms. The number of amides is 1. The van der Waals surface area contributed by atoms with Gasteiger partial charge in [-0.1, -0.05) is 6.07 Å². The molecule has 0 aliphatic heterocycles. The number of pyridine rings is 2. The number of aromatic nitrogens is 2. The molecular weight excluding hydrogens is 375 g/mol. The van der Waals surface area contributed by atoms with Gasteiger partial charge in [0.15, 0.2) is 6.10 Å². The van der Waals surface area contributed by atoms with Crippen molar-refractivity contribution in [2.75, 3.05) is 0 Å². The Morgan fingerprint density at radius 3 is 2.36 bits per heavy atom. The first kappa shape index (κ1) is 19.3. The van der Waals surface area contributed by atoms with Crippen molar-refractivity contribution in [3.05, 3.63) is 72.1 Å². The molecule has 1 aromatic carbocycles. The molecule has 0 spiro atoms. The summed E-state index contributed by atoms with van der Waals surface area (Å²) >= 11 is 0. The van der Waals surface area contributed by atoms with Crippen LogP contribution in [0.15, 0.2) is 60.8 Å². The fraction of sp³-hybridized carbons (Fsp3) is 0.105. The Kier molecular flexibility index (Phi) is 5.27. The quantitative estimate of drug-likeness (QED) is 0.696. The van der Waals surface area contributed by atoms with Crippen molar-refractivity contribution < 1.29 is 27.8 Å². The fourth-order valence-corrected chi connectivity index (χ4v) is 2.33. The third-order valence-corrected chi connectivity index (χ3v) is 3.76. The van der Waals surface area contributed by atoms with Crippen LogP contribution in [0.3, 0.4) is 0 Å². The van der Waals surface area contributed by atoms with Crippen LogP contribution in [-0.2, 0) is 11.0 Å². The molecule has 3 rings (SSSR count). The van der Waals surface area contributed by atoms with E-state index in [2.05, 4.69) is 9.97 Å². The van der Waals surface area contributed by atoms with Crippen molar-refractivity contribution in [3.63, 3.8) is 0 Å². The lowest BCUT2D eigenvalue weighted by molar-refractivity contribution is -0.137. The molecule has 6 nitrogen and oxygen atoms in total. The lowest BCUT2D eigenvalue weighted by atomic mass is 10.1. The molecule has 144 valence electrons. The van der Waals surface area contributed by atoms with E-state index in [4.69, 9.17) is 10.5 Å². The molecule has 3 aromatic rings. The Hall–Kier alpha value is -3.46. The van der Waals surface area contributed by atoms with E-state index in [1.807, 2.05) is 0 Å². The van der Waals surface area contributed by atoms with Gasteiger partial charge in [-0.25, -0.2) is 9.97 Å². The van der Waals surface area contributed by atoms with Crippen molar-refractivity contribution in [1.82, 2.24) is 9.97 Å². The van der Waals surface area contributed by atoms with E-state index < -0.39 is 23.8 Å². The summed E-state index contributed by atoms with van der Waals surface area (Å²) in [6.45, 7) is 0. The van der Waals surface area contributed by atoms with E-state index in [-0.39, 0.29) is 11.6 Å². The Labute approximate surface area is 157 Å². The molecule has 3 N–H and O–H groups in total. The summed E-state index contributed by atoms with van der Waals surface area (Å²) in [5.41, 5.74) is 5.50. The summed E-state index contributed by atoms with van der Waals surface area (Å²) in [6.07, 6.45) is -5.27. The van der Waals surface area contributed by atoms with Gasteiger partial charge < -0.3 is 15.6 Å². The molecule has 0 radical (unpaired) electrons. The zero-order valence-corrected chi connectivity index (χ0v) is 14.2. The molecule has 1 amide bonds. The summed E-state index contributed by atoms with van der Waals surface area (Å²) in [5.74, 6) is -0.521. The van der Waals surface area contributed by atoms with Gasteiger partial charge in [0.25, 0.3) is 5.91 Å². The Balaban J connectivity index is 1.75. The minimum absolute atomic E-state index is 0.0189. The highest BCUT2D eigenvalue weighted by molar-refractivity contribution is 5.79. The topological polar surface area (TPSA) is 98.3 Å². The number of rotatable bonds is 5. The summed E-state index contributed by atoms with van der Waals surface area (Å²) in [6, 6.07) is 13.3. The number of halogens is 3. The smallest absolute Gasteiger partial charge is 0.417 e. The second-order valence-corrected chi connectivity index (χ2v) is 5.76. The van der Waals surface area contributed by atoms with Crippen molar-refractivity contribution in [1.29, 1.82) is 0 Å². The van der Waals surface area contributed by atoms with Crippen molar-refractivity contribution >= 4 is 5.91 Å². The summed E-state index contributed by atoms with van der Waals surface area (Å²) in [4.78, 5) is 18.9. The Morgan fingerprint density at radius 2 is 1.79 bits per heavy atom. The first-order valence-corrected chi connectivity index (χ1v) is 8.00. The minimum atomic E-state index is -4.46. The first-order valence-electron chi connectivity index (χ1n) is 8.00. The number of hydrogen-bond acceptors (Lipinski definition) is 5. The third-order valence-electron chi connectivity index (χ3n) is 3.76.